The number of carbonyl (C=O) groups excluding carboxylic acids is 1. The Morgan fingerprint density at radius 3 is 2.78 bits per heavy atom. The van der Waals surface area contributed by atoms with Crippen molar-refractivity contribution in [3.63, 3.8) is 0 Å². The van der Waals surface area contributed by atoms with E-state index >= 15 is 0 Å². The molecule has 0 unspecified atom stereocenters. The van der Waals surface area contributed by atoms with E-state index in [9.17, 15) is 4.79 Å². The fourth-order valence-electron chi connectivity index (χ4n) is 2.60. The van der Waals surface area contributed by atoms with Crippen molar-refractivity contribution in [3.05, 3.63) is 41.1 Å². The van der Waals surface area contributed by atoms with Crippen LogP contribution in [0.15, 0.2) is 29.7 Å². The molecule has 2 rings (SSSR count). The number of unbranched alkanes of at least 4 members (excludes halogenated alkanes) is 5. The summed E-state index contributed by atoms with van der Waals surface area (Å²) in [5.41, 5.74) is 2.83. The topological polar surface area (TPSA) is 77.9 Å². The molecule has 0 saturated carbocycles. The maximum absolute atomic E-state index is 11.4. The minimum Gasteiger partial charge on any atom is -0.494 e. The average molecular weight is 313 g/mol. The van der Waals surface area contributed by atoms with Gasteiger partial charge in [0.1, 0.15) is 5.76 Å². The van der Waals surface area contributed by atoms with Crippen molar-refractivity contribution >= 4 is 12.0 Å². The van der Waals surface area contributed by atoms with Gasteiger partial charge in [-0.15, -0.1) is 0 Å². The van der Waals surface area contributed by atoms with E-state index in [0.29, 0.717) is 17.9 Å². The lowest BCUT2D eigenvalue weighted by Crippen LogP contribution is -2.13. The standard InChI is InChI=1S/C18H23N3O2/c1-23-17-13-18(22)21-16(17)12-15-10-9-14(20-15)8-6-4-2-3-5-7-11-19/h9-10,12-13,20H,2-8H2,1H3,(H,21,22)/b16-12-. The van der Waals surface area contributed by atoms with E-state index < -0.39 is 0 Å². The smallest absolute Gasteiger partial charge is 0.252 e. The van der Waals surface area contributed by atoms with Crippen LogP contribution < -0.4 is 5.32 Å². The molecule has 0 radical (unpaired) electrons. The molecule has 2 N–H and O–H groups in total. The number of hydrogen-bond donors (Lipinski definition) is 2. The number of methoxy groups -OCH3 is 1. The molecule has 1 aromatic rings. The summed E-state index contributed by atoms with van der Waals surface area (Å²) in [6, 6.07) is 6.26. The summed E-state index contributed by atoms with van der Waals surface area (Å²) < 4.78 is 5.17. The number of amides is 1. The van der Waals surface area contributed by atoms with Crippen LogP contribution in [0.3, 0.4) is 0 Å². The maximum Gasteiger partial charge on any atom is 0.252 e. The molecule has 0 saturated heterocycles. The van der Waals surface area contributed by atoms with Gasteiger partial charge in [0.2, 0.25) is 0 Å². The number of carbonyl (C=O) groups is 1. The van der Waals surface area contributed by atoms with E-state index in [4.69, 9.17) is 10.00 Å². The highest BCUT2D eigenvalue weighted by Crippen LogP contribution is 2.18. The number of H-pyrrole nitrogens is 1. The Morgan fingerprint density at radius 2 is 2.00 bits per heavy atom. The lowest BCUT2D eigenvalue weighted by molar-refractivity contribution is -0.115. The van der Waals surface area contributed by atoms with Crippen LogP contribution in [-0.4, -0.2) is 18.0 Å². The molecule has 1 aliphatic heterocycles. The van der Waals surface area contributed by atoms with Crippen molar-refractivity contribution in [1.82, 2.24) is 10.3 Å². The molecule has 1 aliphatic rings. The molecular weight excluding hydrogens is 290 g/mol. The fraction of sp³-hybridized carbons (Fsp3) is 0.444. The molecule has 0 bridgehead atoms. The van der Waals surface area contributed by atoms with Crippen LogP contribution in [0.5, 0.6) is 0 Å². The summed E-state index contributed by atoms with van der Waals surface area (Å²) in [6.07, 6.45) is 10.7. The van der Waals surface area contributed by atoms with E-state index in [-0.39, 0.29) is 5.91 Å². The minimum atomic E-state index is -0.156. The lowest BCUT2D eigenvalue weighted by Gasteiger charge is -2.03. The zero-order valence-electron chi connectivity index (χ0n) is 13.5. The van der Waals surface area contributed by atoms with Crippen molar-refractivity contribution in [2.24, 2.45) is 0 Å². The van der Waals surface area contributed by atoms with Crippen LogP contribution in [0.2, 0.25) is 0 Å². The highest BCUT2D eigenvalue weighted by molar-refractivity contribution is 5.95. The van der Waals surface area contributed by atoms with Gasteiger partial charge in [0.05, 0.1) is 18.9 Å². The van der Waals surface area contributed by atoms with Gasteiger partial charge in [-0.3, -0.25) is 4.79 Å². The van der Waals surface area contributed by atoms with Crippen molar-refractivity contribution in [2.75, 3.05) is 7.11 Å². The third-order valence-corrected chi connectivity index (χ3v) is 3.81. The van der Waals surface area contributed by atoms with Crippen molar-refractivity contribution < 1.29 is 9.53 Å². The first-order chi connectivity index (χ1) is 11.2. The Hall–Kier alpha value is -2.48. The second kappa shape index (κ2) is 8.84. The second-order valence-electron chi connectivity index (χ2n) is 5.62. The van der Waals surface area contributed by atoms with Crippen LogP contribution in [0.1, 0.15) is 49.9 Å². The average Bonchev–Trinajstić information content (AvgIpc) is 3.13. The van der Waals surface area contributed by atoms with E-state index in [0.717, 1.165) is 31.4 Å². The number of rotatable bonds is 9. The van der Waals surface area contributed by atoms with Gasteiger partial charge in [-0.2, -0.15) is 5.26 Å². The van der Waals surface area contributed by atoms with E-state index in [1.54, 1.807) is 7.11 Å². The molecule has 0 aromatic carbocycles. The monoisotopic (exact) mass is 313 g/mol. The summed E-state index contributed by atoms with van der Waals surface area (Å²) >= 11 is 0. The molecule has 0 spiro atoms. The number of aryl methyl sites for hydroxylation is 1. The molecule has 5 heteroatoms. The first-order valence-electron chi connectivity index (χ1n) is 8.06. The summed E-state index contributed by atoms with van der Waals surface area (Å²) in [7, 11) is 1.55. The van der Waals surface area contributed by atoms with E-state index in [1.165, 1.54) is 24.6 Å². The number of aromatic amines is 1. The van der Waals surface area contributed by atoms with Gasteiger partial charge in [0.15, 0.2) is 0 Å². The normalized spacial score (nSPS) is 15.4. The van der Waals surface area contributed by atoms with Gasteiger partial charge >= 0.3 is 0 Å². The van der Waals surface area contributed by atoms with Gasteiger partial charge in [0.25, 0.3) is 5.91 Å². The van der Waals surface area contributed by atoms with Gasteiger partial charge in [-0.1, -0.05) is 19.3 Å². The zero-order valence-corrected chi connectivity index (χ0v) is 13.5. The maximum atomic E-state index is 11.4. The van der Waals surface area contributed by atoms with E-state index in [2.05, 4.69) is 22.4 Å². The Morgan fingerprint density at radius 1 is 1.22 bits per heavy atom. The predicted molar refractivity (Wildman–Crippen MR) is 89.0 cm³/mol. The van der Waals surface area contributed by atoms with Crippen molar-refractivity contribution in [2.45, 2.75) is 44.9 Å². The number of nitrogens with zero attached hydrogens (tertiary/aromatic N) is 1. The van der Waals surface area contributed by atoms with Crippen LogP contribution in [0.25, 0.3) is 6.08 Å². The molecule has 0 aliphatic carbocycles. The molecule has 1 aromatic heterocycles. The summed E-state index contributed by atoms with van der Waals surface area (Å²) in [4.78, 5) is 14.7. The Labute approximate surface area is 137 Å². The molecule has 2 heterocycles. The molecule has 1 amide bonds. The number of nitriles is 1. The van der Waals surface area contributed by atoms with Crippen LogP contribution in [0.4, 0.5) is 0 Å². The van der Waals surface area contributed by atoms with Gasteiger partial charge < -0.3 is 15.0 Å². The molecule has 0 atom stereocenters. The lowest BCUT2D eigenvalue weighted by atomic mass is 10.1. The van der Waals surface area contributed by atoms with Gasteiger partial charge in [-0.05, 0) is 37.5 Å². The zero-order chi connectivity index (χ0) is 16.5. The first-order valence-corrected chi connectivity index (χ1v) is 8.06. The van der Waals surface area contributed by atoms with Gasteiger partial charge in [0, 0.05) is 23.9 Å². The van der Waals surface area contributed by atoms with Crippen molar-refractivity contribution in [1.29, 1.82) is 5.26 Å². The fourth-order valence-corrected chi connectivity index (χ4v) is 2.60. The number of aromatic nitrogens is 1. The quantitative estimate of drug-likeness (QED) is 0.686. The Balaban J connectivity index is 1.77. The molecular formula is C18H23N3O2. The highest BCUT2D eigenvalue weighted by atomic mass is 16.5. The number of nitrogens with one attached hydrogen (secondary N) is 2. The summed E-state index contributed by atoms with van der Waals surface area (Å²) in [5.74, 6) is 0.403. The molecule has 122 valence electrons. The van der Waals surface area contributed by atoms with Crippen molar-refractivity contribution in [3.8, 4) is 6.07 Å². The Bertz CT molecular complexity index is 635. The van der Waals surface area contributed by atoms with E-state index in [1.807, 2.05) is 12.1 Å². The van der Waals surface area contributed by atoms with Crippen LogP contribution in [-0.2, 0) is 16.0 Å². The second-order valence-corrected chi connectivity index (χ2v) is 5.62. The van der Waals surface area contributed by atoms with Crippen LogP contribution >= 0.6 is 0 Å². The summed E-state index contributed by atoms with van der Waals surface area (Å²) in [5, 5.41) is 11.2. The molecule has 0 fully saturated rings. The third-order valence-electron chi connectivity index (χ3n) is 3.81. The largest absolute Gasteiger partial charge is 0.494 e. The highest BCUT2D eigenvalue weighted by Gasteiger charge is 2.17. The van der Waals surface area contributed by atoms with Crippen LogP contribution in [0, 0.1) is 11.3 Å². The summed E-state index contributed by atoms with van der Waals surface area (Å²) in [6.45, 7) is 0. The number of hydrogen-bond acceptors (Lipinski definition) is 3. The third kappa shape index (κ3) is 5.33. The minimum absolute atomic E-state index is 0.156. The Kier molecular flexibility index (Phi) is 6.49. The molecule has 23 heavy (non-hydrogen) atoms. The first kappa shape index (κ1) is 16.9. The SMILES string of the molecule is COC1=CC(=O)N/C1=C\c1ccc(CCCCCCCC#N)[nH]1. The predicted octanol–water partition coefficient (Wildman–Crippen LogP) is 3.42. The van der Waals surface area contributed by atoms with Gasteiger partial charge in [-0.25, -0.2) is 0 Å². The number of ether oxygens (including phenoxy) is 1. The molecule has 5 nitrogen and oxygen atoms in total.